The van der Waals surface area contributed by atoms with Gasteiger partial charge < -0.3 is 15.0 Å². The van der Waals surface area contributed by atoms with Gasteiger partial charge in [0.25, 0.3) is 0 Å². The van der Waals surface area contributed by atoms with Gasteiger partial charge in [-0.05, 0) is 40.4 Å². The van der Waals surface area contributed by atoms with Gasteiger partial charge in [0.15, 0.2) is 0 Å². The minimum absolute atomic E-state index is 0.304. The Hall–Kier alpha value is -0.410. The molecule has 0 fully saturated rings. The van der Waals surface area contributed by atoms with E-state index in [-0.39, 0.29) is 0 Å². The molecule has 0 rings (SSSR count). The molecule has 0 bridgehead atoms. The number of hydrogen-bond acceptors (Lipinski definition) is 3. The molecule has 1 N–H and O–H groups in total. The first-order valence-electron chi connectivity index (χ1n) is 4.99. The largest absolute Gasteiger partial charge is 0.318 e. The zero-order chi connectivity index (χ0) is 10.1. The van der Waals surface area contributed by atoms with Crippen LogP contribution in [0.4, 0.5) is 0 Å². The first-order chi connectivity index (χ1) is 6.16. The summed E-state index contributed by atoms with van der Waals surface area (Å²) >= 11 is 0. The highest BCUT2D eigenvalue weighted by atomic mass is 16.1. The molecule has 0 aromatic carbocycles. The molecular formula is C10H22N2O. The van der Waals surface area contributed by atoms with Crippen LogP contribution in [0.25, 0.3) is 0 Å². The van der Waals surface area contributed by atoms with E-state index >= 15 is 0 Å². The van der Waals surface area contributed by atoms with Crippen molar-refractivity contribution in [3.05, 3.63) is 0 Å². The number of nitrogens with zero attached hydrogens (tertiary/aromatic N) is 1. The molecule has 0 aliphatic rings. The van der Waals surface area contributed by atoms with E-state index in [2.05, 4.69) is 17.3 Å². The summed E-state index contributed by atoms with van der Waals surface area (Å²) in [5, 5.41) is 3.11. The van der Waals surface area contributed by atoms with E-state index in [9.17, 15) is 4.79 Å². The molecule has 0 radical (unpaired) electrons. The van der Waals surface area contributed by atoms with Gasteiger partial charge >= 0.3 is 0 Å². The number of likely N-dealkylation sites (N-methyl/N-ethyl adjacent to an activating group) is 2. The third-order valence-electron chi connectivity index (χ3n) is 2.06. The molecule has 0 spiro atoms. The second-order valence-electron chi connectivity index (χ2n) is 3.57. The normalized spacial score (nSPS) is 10.8. The van der Waals surface area contributed by atoms with Crippen LogP contribution in [0.5, 0.6) is 0 Å². The Morgan fingerprint density at radius 2 is 2.00 bits per heavy atom. The van der Waals surface area contributed by atoms with Crippen molar-refractivity contribution in [2.45, 2.75) is 26.2 Å². The summed E-state index contributed by atoms with van der Waals surface area (Å²) in [6.07, 6.45) is 2.89. The lowest BCUT2D eigenvalue weighted by atomic mass is 10.2. The molecular weight excluding hydrogens is 164 g/mol. The summed E-state index contributed by atoms with van der Waals surface area (Å²) in [6.45, 7) is 4.86. The summed E-state index contributed by atoms with van der Waals surface area (Å²) in [5.41, 5.74) is 0. The lowest BCUT2D eigenvalue weighted by Crippen LogP contribution is -2.28. The van der Waals surface area contributed by atoms with Crippen LogP contribution < -0.4 is 5.32 Å². The van der Waals surface area contributed by atoms with Gasteiger partial charge in [0.05, 0.1) is 0 Å². The fourth-order valence-electron chi connectivity index (χ4n) is 1.17. The van der Waals surface area contributed by atoms with Crippen molar-refractivity contribution < 1.29 is 4.79 Å². The quantitative estimate of drug-likeness (QED) is 0.572. The summed E-state index contributed by atoms with van der Waals surface area (Å²) in [4.78, 5) is 12.9. The Morgan fingerprint density at radius 1 is 1.31 bits per heavy atom. The Labute approximate surface area is 81.5 Å². The molecule has 0 aliphatic heterocycles. The smallest absolute Gasteiger partial charge is 0.129 e. The summed E-state index contributed by atoms with van der Waals surface area (Å²) in [5.74, 6) is 0.304. The number of nitrogens with one attached hydrogen (secondary N) is 1. The van der Waals surface area contributed by atoms with Crippen LogP contribution in [0.1, 0.15) is 26.2 Å². The van der Waals surface area contributed by atoms with Crippen molar-refractivity contribution in [3.63, 3.8) is 0 Å². The average molecular weight is 186 g/mol. The van der Waals surface area contributed by atoms with Crippen LogP contribution in [0.3, 0.4) is 0 Å². The number of Topliss-reactive ketones (excluding diaryl/α,β-unsaturated/α-hetero) is 1. The monoisotopic (exact) mass is 186 g/mol. The maximum Gasteiger partial charge on any atom is 0.129 e. The van der Waals surface area contributed by atoms with Gasteiger partial charge in [-0.15, -0.1) is 0 Å². The van der Waals surface area contributed by atoms with Crippen LogP contribution in [-0.4, -0.2) is 44.4 Å². The fourth-order valence-corrected chi connectivity index (χ4v) is 1.17. The Bertz CT molecular complexity index is 137. The number of carbonyl (C=O) groups is 1. The molecule has 13 heavy (non-hydrogen) atoms. The second kappa shape index (κ2) is 8.20. The van der Waals surface area contributed by atoms with Crippen LogP contribution in [-0.2, 0) is 4.79 Å². The molecule has 0 amide bonds. The average Bonchev–Trinajstić information content (AvgIpc) is 2.08. The molecule has 0 saturated carbocycles. The van der Waals surface area contributed by atoms with Gasteiger partial charge in [-0.2, -0.15) is 0 Å². The third-order valence-corrected chi connectivity index (χ3v) is 2.06. The van der Waals surface area contributed by atoms with E-state index in [0.717, 1.165) is 38.9 Å². The van der Waals surface area contributed by atoms with Gasteiger partial charge in [-0.1, -0.05) is 0 Å². The highest BCUT2D eigenvalue weighted by Gasteiger charge is 1.98. The second-order valence-corrected chi connectivity index (χ2v) is 3.57. The van der Waals surface area contributed by atoms with Crippen molar-refractivity contribution in [1.29, 1.82) is 0 Å². The van der Waals surface area contributed by atoms with Gasteiger partial charge in [-0.25, -0.2) is 0 Å². The van der Waals surface area contributed by atoms with Gasteiger partial charge in [0, 0.05) is 19.5 Å². The van der Waals surface area contributed by atoms with E-state index in [0.29, 0.717) is 5.78 Å². The maximum atomic E-state index is 10.6. The summed E-state index contributed by atoms with van der Waals surface area (Å²) in [6, 6.07) is 0. The molecule has 0 aromatic heterocycles. The van der Waals surface area contributed by atoms with E-state index in [1.165, 1.54) is 0 Å². The molecule has 0 aliphatic carbocycles. The topological polar surface area (TPSA) is 32.3 Å². The first kappa shape index (κ1) is 12.6. The highest BCUT2D eigenvalue weighted by Crippen LogP contribution is 1.97. The predicted molar refractivity (Wildman–Crippen MR) is 56.0 cm³/mol. The minimum Gasteiger partial charge on any atom is -0.318 e. The third kappa shape index (κ3) is 9.50. The SMILES string of the molecule is CNCCN(C)CCCCC(C)=O. The Morgan fingerprint density at radius 3 is 2.54 bits per heavy atom. The first-order valence-corrected chi connectivity index (χ1v) is 4.99. The minimum atomic E-state index is 0.304. The summed E-state index contributed by atoms with van der Waals surface area (Å²) in [7, 11) is 4.08. The lowest BCUT2D eigenvalue weighted by Gasteiger charge is -2.15. The zero-order valence-electron chi connectivity index (χ0n) is 9.10. The predicted octanol–water partition coefficient (Wildman–Crippen LogP) is 0.897. The van der Waals surface area contributed by atoms with Crippen molar-refractivity contribution in [2.24, 2.45) is 0 Å². The lowest BCUT2D eigenvalue weighted by molar-refractivity contribution is -0.117. The molecule has 0 atom stereocenters. The van der Waals surface area contributed by atoms with Gasteiger partial charge in [0.2, 0.25) is 0 Å². The number of ketones is 1. The van der Waals surface area contributed by atoms with E-state index in [1.54, 1.807) is 6.92 Å². The van der Waals surface area contributed by atoms with Crippen molar-refractivity contribution in [2.75, 3.05) is 33.7 Å². The standard InChI is InChI=1S/C10H22N2O/c1-10(13)6-4-5-8-12(3)9-7-11-2/h11H,4-9H2,1-3H3. The molecule has 0 unspecified atom stereocenters. The number of rotatable bonds is 8. The van der Waals surface area contributed by atoms with Gasteiger partial charge in [-0.3, -0.25) is 0 Å². The Kier molecular flexibility index (Phi) is 7.94. The fraction of sp³-hybridized carbons (Fsp3) is 0.900. The van der Waals surface area contributed by atoms with E-state index in [4.69, 9.17) is 0 Å². The van der Waals surface area contributed by atoms with Crippen LogP contribution in [0.15, 0.2) is 0 Å². The van der Waals surface area contributed by atoms with Crippen LogP contribution >= 0.6 is 0 Å². The summed E-state index contributed by atoms with van der Waals surface area (Å²) < 4.78 is 0. The number of unbranched alkanes of at least 4 members (excludes halogenated alkanes) is 1. The Balaban J connectivity index is 3.16. The number of hydrogen-bond donors (Lipinski definition) is 1. The molecule has 0 saturated heterocycles. The number of carbonyl (C=O) groups excluding carboxylic acids is 1. The van der Waals surface area contributed by atoms with E-state index < -0.39 is 0 Å². The van der Waals surface area contributed by atoms with E-state index in [1.807, 2.05) is 7.05 Å². The van der Waals surface area contributed by atoms with Crippen LogP contribution in [0.2, 0.25) is 0 Å². The van der Waals surface area contributed by atoms with Crippen molar-refractivity contribution in [3.8, 4) is 0 Å². The van der Waals surface area contributed by atoms with Gasteiger partial charge in [0.1, 0.15) is 5.78 Å². The molecule has 78 valence electrons. The van der Waals surface area contributed by atoms with Crippen molar-refractivity contribution in [1.82, 2.24) is 10.2 Å². The maximum absolute atomic E-state index is 10.6. The molecule has 0 aromatic rings. The molecule has 3 nitrogen and oxygen atoms in total. The van der Waals surface area contributed by atoms with Crippen molar-refractivity contribution >= 4 is 5.78 Å². The molecule has 0 heterocycles. The molecule has 3 heteroatoms. The highest BCUT2D eigenvalue weighted by molar-refractivity contribution is 5.75. The zero-order valence-corrected chi connectivity index (χ0v) is 9.10. The van der Waals surface area contributed by atoms with Crippen LogP contribution in [0, 0.1) is 0 Å².